The van der Waals surface area contributed by atoms with Crippen molar-refractivity contribution in [2.24, 2.45) is 0 Å². The molecule has 1 atom stereocenters. The highest BCUT2D eigenvalue weighted by atomic mass is 19.1. The normalized spacial score (nSPS) is 12.5. The molecule has 0 aliphatic rings. The Morgan fingerprint density at radius 1 is 1.36 bits per heavy atom. The second-order valence-corrected chi connectivity index (χ2v) is 3.55. The second-order valence-electron chi connectivity index (χ2n) is 3.55. The Labute approximate surface area is 83.9 Å². The highest BCUT2D eigenvalue weighted by Gasteiger charge is 2.09. The monoisotopic (exact) mass is 194 g/mol. The van der Waals surface area contributed by atoms with E-state index in [1.165, 1.54) is 12.1 Å². The van der Waals surface area contributed by atoms with Gasteiger partial charge in [-0.25, -0.2) is 4.39 Å². The van der Waals surface area contributed by atoms with E-state index in [-0.39, 0.29) is 17.5 Å². The lowest BCUT2D eigenvalue weighted by Gasteiger charge is -2.09. The minimum Gasteiger partial charge on any atom is -0.300 e. The number of hydrogen-bond acceptors (Lipinski definition) is 1. The van der Waals surface area contributed by atoms with Crippen molar-refractivity contribution in [3.63, 3.8) is 0 Å². The quantitative estimate of drug-likeness (QED) is 0.718. The van der Waals surface area contributed by atoms with Gasteiger partial charge in [-0.3, -0.25) is 4.79 Å². The fraction of sp³-hybridized carbons (Fsp3) is 0.417. The molecule has 1 rings (SSSR count). The number of halogens is 1. The van der Waals surface area contributed by atoms with Crippen molar-refractivity contribution in [1.82, 2.24) is 0 Å². The molecule has 1 unspecified atom stereocenters. The molecule has 76 valence electrons. The summed E-state index contributed by atoms with van der Waals surface area (Å²) in [7, 11) is 0. The number of rotatable bonds is 4. The van der Waals surface area contributed by atoms with Gasteiger partial charge in [-0.2, -0.15) is 0 Å². The van der Waals surface area contributed by atoms with Gasteiger partial charge in [0.2, 0.25) is 0 Å². The Kier molecular flexibility index (Phi) is 3.81. The largest absolute Gasteiger partial charge is 0.300 e. The van der Waals surface area contributed by atoms with Gasteiger partial charge in [0, 0.05) is 12.8 Å². The summed E-state index contributed by atoms with van der Waals surface area (Å²) in [4.78, 5) is 11.2. The molecular weight excluding hydrogens is 179 g/mol. The van der Waals surface area contributed by atoms with Crippen molar-refractivity contribution in [3.8, 4) is 0 Å². The lowest BCUT2D eigenvalue weighted by atomic mass is 9.95. The molecule has 1 aromatic rings. The van der Waals surface area contributed by atoms with E-state index in [4.69, 9.17) is 0 Å². The van der Waals surface area contributed by atoms with Crippen LogP contribution in [0.15, 0.2) is 24.3 Å². The van der Waals surface area contributed by atoms with Gasteiger partial charge in [0.15, 0.2) is 0 Å². The molecule has 0 saturated heterocycles. The smallest absolute Gasteiger partial charge is 0.133 e. The first-order valence-electron chi connectivity index (χ1n) is 4.90. The van der Waals surface area contributed by atoms with E-state index < -0.39 is 0 Å². The first kappa shape index (κ1) is 10.9. The number of hydrogen-bond donors (Lipinski definition) is 0. The number of carbonyl (C=O) groups is 1. The average molecular weight is 194 g/mol. The van der Waals surface area contributed by atoms with Crippen LogP contribution in [-0.2, 0) is 4.79 Å². The topological polar surface area (TPSA) is 17.1 Å². The summed E-state index contributed by atoms with van der Waals surface area (Å²) >= 11 is 0. The van der Waals surface area contributed by atoms with Crippen molar-refractivity contribution >= 4 is 5.78 Å². The van der Waals surface area contributed by atoms with E-state index >= 15 is 0 Å². The molecule has 0 spiro atoms. The van der Waals surface area contributed by atoms with Crippen LogP contribution in [0, 0.1) is 5.82 Å². The van der Waals surface area contributed by atoms with E-state index in [1.54, 1.807) is 12.1 Å². The number of benzene rings is 1. The van der Waals surface area contributed by atoms with E-state index in [0.717, 1.165) is 5.56 Å². The molecule has 1 aromatic carbocycles. The number of Topliss-reactive ketones (excluding diaryl/α,β-unsaturated/α-hetero) is 1. The molecule has 0 aliphatic heterocycles. The Balaban J connectivity index is 2.65. The molecule has 0 fully saturated rings. The number of carbonyl (C=O) groups excluding carboxylic acids is 1. The lowest BCUT2D eigenvalue weighted by molar-refractivity contribution is -0.119. The minimum absolute atomic E-state index is 0.183. The number of ketones is 1. The van der Waals surface area contributed by atoms with Crippen molar-refractivity contribution in [2.75, 3.05) is 0 Å². The zero-order chi connectivity index (χ0) is 10.6. The zero-order valence-electron chi connectivity index (χ0n) is 8.59. The lowest BCUT2D eigenvalue weighted by Crippen LogP contribution is -2.02. The van der Waals surface area contributed by atoms with Crippen molar-refractivity contribution in [1.29, 1.82) is 0 Å². The van der Waals surface area contributed by atoms with Crippen LogP contribution >= 0.6 is 0 Å². The van der Waals surface area contributed by atoms with Crippen molar-refractivity contribution in [3.05, 3.63) is 35.6 Å². The first-order chi connectivity index (χ1) is 6.63. The molecule has 0 saturated carbocycles. The molecule has 2 heteroatoms. The maximum Gasteiger partial charge on any atom is 0.133 e. The van der Waals surface area contributed by atoms with Gasteiger partial charge < -0.3 is 0 Å². The third kappa shape index (κ3) is 2.95. The summed E-state index contributed by atoms with van der Waals surface area (Å²) in [5, 5.41) is 0. The molecule has 0 aliphatic carbocycles. The van der Waals surface area contributed by atoms with E-state index in [0.29, 0.717) is 12.8 Å². The van der Waals surface area contributed by atoms with Gasteiger partial charge in [-0.15, -0.1) is 0 Å². The van der Waals surface area contributed by atoms with Gasteiger partial charge in [-0.1, -0.05) is 26.0 Å². The SMILES string of the molecule is CCC(=O)CC(C)c1ccc(F)cc1. The van der Waals surface area contributed by atoms with Gasteiger partial charge >= 0.3 is 0 Å². The molecule has 1 nitrogen and oxygen atoms in total. The molecule has 14 heavy (non-hydrogen) atoms. The third-order valence-electron chi connectivity index (χ3n) is 2.37. The summed E-state index contributed by atoms with van der Waals surface area (Å²) in [5.74, 6) is 0.202. The molecule has 0 heterocycles. The third-order valence-corrected chi connectivity index (χ3v) is 2.37. The highest BCUT2D eigenvalue weighted by Crippen LogP contribution is 2.19. The predicted octanol–water partition coefficient (Wildman–Crippen LogP) is 3.30. The van der Waals surface area contributed by atoms with Crippen LogP contribution in [0.5, 0.6) is 0 Å². The van der Waals surface area contributed by atoms with Crippen LogP contribution in [0.1, 0.15) is 38.2 Å². The van der Waals surface area contributed by atoms with Crippen molar-refractivity contribution < 1.29 is 9.18 Å². The molecule has 0 amide bonds. The maximum atomic E-state index is 12.6. The summed E-state index contributed by atoms with van der Waals surface area (Å²) in [6, 6.07) is 6.34. The summed E-state index contributed by atoms with van der Waals surface area (Å²) in [5.41, 5.74) is 1.02. The fourth-order valence-electron chi connectivity index (χ4n) is 1.40. The van der Waals surface area contributed by atoms with E-state index in [1.807, 2.05) is 13.8 Å². The molecular formula is C12H15FO. The highest BCUT2D eigenvalue weighted by molar-refractivity contribution is 5.78. The standard InChI is InChI=1S/C12H15FO/c1-3-12(14)8-9(2)10-4-6-11(13)7-5-10/h4-7,9H,3,8H2,1-2H3. The second kappa shape index (κ2) is 4.89. The van der Waals surface area contributed by atoms with Gasteiger partial charge in [0.1, 0.15) is 11.6 Å². The van der Waals surface area contributed by atoms with Crippen LogP contribution in [0.3, 0.4) is 0 Å². The zero-order valence-corrected chi connectivity index (χ0v) is 8.59. The molecule has 0 N–H and O–H groups in total. The van der Waals surface area contributed by atoms with Crippen LogP contribution in [-0.4, -0.2) is 5.78 Å². The van der Waals surface area contributed by atoms with Gasteiger partial charge in [-0.05, 0) is 23.6 Å². The minimum atomic E-state index is -0.234. The van der Waals surface area contributed by atoms with Gasteiger partial charge in [0.25, 0.3) is 0 Å². The van der Waals surface area contributed by atoms with Crippen LogP contribution in [0.4, 0.5) is 4.39 Å². The Morgan fingerprint density at radius 2 is 1.93 bits per heavy atom. The Hall–Kier alpha value is -1.18. The average Bonchev–Trinajstić information content (AvgIpc) is 2.18. The maximum absolute atomic E-state index is 12.6. The van der Waals surface area contributed by atoms with Crippen LogP contribution in [0.2, 0.25) is 0 Å². The van der Waals surface area contributed by atoms with E-state index in [2.05, 4.69) is 0 Å². The molecule has 0 radical (unpaired) electrons. The van der Waals surface area contributed by atoms with Crippen LogP contribution in [0.25, 0.3) is 0 Å². The first-order valence-corrected chi connectivity index (χ1v) is 4.90. The predicted molar refractivity (Wildman–Crippen MR) is 54.7 cm³/mol. The molecule has 0 bridgehead atoms. The summed E-state index contributed by atoms with van der Waals surface area (Å²) < 4.78 is 12.6. The molecule has 0 aromatic heterocycles. The summed E-state index contributed by atoms with van der Waals surface area (Å²) in [6.45, 7) is 3.85. The van der Waals surface area contributed by atoms with E-state index in [9.17, 15) is 9.18 Å². The Morgan fingerprint density at radius 3 is 2.43 bits per heavy atom. The van der Waals surface area contributed by atoms with Crippen LogP contribution < -0.4 is 0 Å². The summed E-state index contributed by atoms with van der Waals surface area (Å²) in [6.07, 6.45) is 1.12. The fourth-order valence-corrected chi connectivity index (χ4v) is 1.40. The van der Waals surface area contributed by atoms with Crippen molar-refractivity contribution in [2.45, 2.75) is 32.6 Å². The van der Waals surface area contributed by atoms with Gasteiger partial charge in [0.05, 0.1) is 0 Å². The Bertz CT molecular complexity index is 303.